The van der Waals surface area contributed by atoms with E-state index in [0.717, 1.165) is 31.4 Å². The zero-order chi connectivity index (χ0) is 15.2. The number of hydrogen-bond acceptors (Lipinski definition) is 3. The Balaban J connectivity index is 3.01. The summed E-state index contributed by atoms with van der Waals surface area (Å²) in [6, 6.07) is 6.66. The molecule has 3 N–H and O–H groups in total. The van der Waals surface area contributed by atoms with E-state index in [1.807, 2.05) is 0 Å². The number of nitrogens with two attached hydrogens (primary N) is 1. The van der Waals surface area contributed by atoms with Gasteiger partial charge in [0.25, 0.3) is 0 Å². The van der Waals surface area contributed by atoms with Gasteiger partial charge in [-0.2, -0.15) is 0 Å². The molecule has 1 amide bonds. The molecule has 1 aromatic rings. The molecule has 0 saturated heterocycles. The second-order valence-electron chi connectivity index (χ2n) is 5.37. The number of rotatable bonds is 7. The van der Waals surface area contributed by atoms with Gasteiger partial charge in [-0.25, -0.2) is 0 Å². The van der Waals surface area contributed by atoms with Gasteiger partial charge in [-0.3, -0.25) is 4.79 Å². The average molecular weight is 278 g/mol. The third-order valence-electron chi connectivity index (χ3n) is 3.84. The van der Waals surface area contributed by atoms with Crippen LogP contribution in [0.4, 0.5) is 5.69 Å². The van der Waals surface area contributed by atoms with Gasteiger partial charge in [-0.05, 0) is 37.1 Å². The fourth-order valence-electron chi connectivity index (χ4n) is 2.74. The third kappa shape index (κ3) is 3.51. The van der Waals surface area contributed by atoms with E-state index in [4.69, 9.17) is 5.73 Å². The van der Waals surface area contributed by atoms with Crippen LogP contribution in [0.15, 0.2) is 24.3 Å². The maximum absolute atomic E-state index is 12.8. The molecule has 0 spiro atoms. The smallest absolute Gasteiger partial charge is 0.234 e. The summed E-state index contributed by atoms with van der Waals surface area (Å²) >= 11 is 0. The topological polar surface area (TPSA) is 66.6 Å². The minimum atomic E-state index is -0.476. The Morgan fingerprint density at radius 3 is 2.10 bits per heavy atom. The molecule has 0 heterocycles. The normalized spacial score (nSPS) is 11.4. The number of carbonyl (C=O) groups excluding carboxylic acids is 1. The summed E-state index contributed by atoms with van der Waals surface area (Å²) < 4.78 is 0. The summed E-state index contributed by atoms with van der Waals surface area (Å²) in [5.41, 5.74) is 6.23. The van der Waals surface area contributed by atoms with Crippen molar-refractivity contribution in [2.24, 2.45) is 11.1 Å². The van der Waals surface area contributed by atoms with Crippen LogP contribution in [0.3, 0.4) is 0 Å². The second kappa shape index (κ2) is 7.29. The molecule has 1 rings (SSSR count). The molecule has 1 aromatic carbocycles. The summed E-state index contributed by atoms with van der Waals surface area (Å²) in [6.45, 7) is 4.53. The lowest BCUT2D eigenvalue weighted by Crippen LogP contribution is -2.47. The summed E-state index contributed by atoms with van der Waals surface area (Å²) in [5, 5.41) is 9.33. The molecule has 0 fully saturated rings. The van der Waals surface area contributed by atoms with Gasteiger partial charge in [0.15, 0.2) is 0 Å². The average Bonchev–Trinajstić information content (AvgIpc) is 2.46. The van der Waals surface area contributed by atoms with E-state index in [-0.39, 0.29) is 11.7 Å². The SMILES string of the molecule is CCCC(CN)(CCC)C(=O)N(C)c1ccc(O)cc1. The van der Waals surface area contributed by atoms with Crippen LogP contribution in [-0.2, 0) is 4.79 Å². The van der Waals surface area contributed by atoms with Gasteiger partial charge < -0.3 is 15.7 Å². The number of hydrogen-bond donors (Lipinski definition) is 2. The molecule has 0 aliphatic carbocycles. The van der Waals surface area contributed by atoms with Crippen LogP contribution in [0.2, 0.25) is 0 Å². The number of nitrogens with zero attached hydrogens (tertiary/aromatic N) is 1. The first kappa shape index (κ1) is 16.5. The van der Waals surface area contributed by atoms with Crippen LogP contribution < -0.4 is 10.6 Å². The molecular formula is C16H26N2O2. The quantitative estimate of drug-likeness (QED) is 0.806. The van der Waals surface area contributed by atoms with Crippen LogP contribution in [0.5, 0.6) is 5.75 Å². The van der Waals surface area contributed by atoms with Crippen LogP contribution in [-0.4, -0.2) is 24.6 Å². The van der Waals surface area contributed by atoms with Gasteiger partial charge >= 0.3 is 0 Å². The molecule has 0 unspecified atom stereocenters. The van der Waals surface area contributed by atoms with Gasteiger partial charge in [-0.15, -0.1) is 0 Å². The lowest BCUT2D eigenvalue weighted by atomic mass is 9.78. The van der Waals surface area contributed by atoms with Crippen molar-refractivity contribution >= 4 is 11.6 Å². The van der Waals surface area contributed by atoms with E-state index >= 15 is 0 Å². The number of phenolic OH excluding ortho intramolecular Hbond substituents is 1. The van der Waals surface area contributed by atoms with E-state index in [0.29, 0.717) is 6.54 Å². The van der Waals surface area contributed by atoms with Crippen LogP contribution in [0.25, 0.3) is 0 Å². The minimum Gasteiger partial charge on any atom is -0.508 e. The molecular weight excluding hydrogens is 252 g/mol. The highest BCUT2D eigenvalue weighted by Gasteiger charge is 2.37. The maximum Gasteiger partial charge on any atom is 0.234 e. The summed E-state index contributed by atoms with van der Waals surface area (Å²) in [5.74, 6) is 0.260. The van der Waals surface area contributed by atoms with E-state index in [9.17, 15) is 9.90 Å². The van der Waals surface area contributed by atoms with Crippen molar-refractivity contribution in [1.29, 1.82) is 0 Å². The lowest BCUT2D eigenvalue weighted by Gasteiger charge is -2.34. The van der Waals surface area contributed by atoms with Crippen molar-refractivity contribution in [2.45, 2.75) is 39.5 Å². The first-order chi connectivity index (χ1) is 9.50. The third-order valence-corrected chi connectivity index (χ3v) is 3.84. The Bertz CT molecular complexity index is 423. The number of anilines is 1. The highest BCUT2D eigenvalue weighted by Crippen LogP contribution is 2.32. The zero-order valence-corrected chi connectivity index (χ0v) is 12.7. The van der Waals surface area contributed by atoms with Crippen molar-refractivity contribution < 1.29 is 9.90 Å². The fraction of sp³-hybridized carbons (Fsp3) is 0.562. The lowest BCUT2D eigenvalue weighted by molar-refractivity contribution is -0.128. The first-order valence-corrected chi connectivity index (χ1v) is 7.28. The molecule has 4 heteroatoms. The standard InChI is InChI=1S/C16H26N2O2/c1-4-10-16(12-17,11-5-2)15(20)18(3)13-6-8-14(19)9-7-13/h6-9,19H,4-5,10-12,17H2,1-3H3. The Kier molecular flexibility index (Phi) is 6.02. The highest BCUT2D eigenvalue weighted by molar-refractivity contribution is 5.97. The van der Waals surface area contributed by atoms with Crippen molar-refractivity contribution in [3.05, 3.63) is 24.3 Å². The van der Waals surface area contributed by atoms with Crippen molar-refractivity contribution in [3.8, 4) is 5.75 Å². The van der Waals surface area contributed by atoms with E-state index < -0.39 is 5.41 Å². The summed E-state index contributed by atoms with van der Waals surface area (Å²) in [4.78, 5) is 14.5. The Morgan fingerprint density at radius 1 is 1.20 bits per heavy atom. The van der Waals surface area contributed by atoms with Crippen LogP contribution in [0, 0.1) is 5.41 Å². The first-order valence-electron chi connectivity index (χ1n) is 7.28. The van der Waals surface area contributed by atoms with Crippen molar-refractivity contribution in [1.82, 2.24) is 0 Å². The van der Waals surface area contributed by atoms with Crippen LogP contribution >= 0.6 is 0 Å². The zero-order valence-electron chi connectivity index (χ0n) is 12.7. The number of carbonyl (C=O) groups is 1. The van der Waals surface area contributed by atoms with Gasteiger partial charge in [0.1, 0.15) is 5.75 Å². The predicted octanol–water partition coefficient (Wildman–Crippen LogP) is 2.90. The Labute approximate surface area is 121 Å². The van der Waals surface area contributed by atoms with E-state index in [1.165, 1.54) is 0 Å². The van der Waals surface area contributed by atoms with E-state index in [2.05, 4.69) is 13.8 Å². The molecule has 0 saturated carbocycles. The highest BCUT2D eigenvalue weighted by atomic mass is 16.3. The molecule has 0 bridgehead atoms. The largest absolute Gasteiger partial charge is 0.508 e. The minimum absolute atomic E-state index is 0.0642. The molecule has 0 aliphatic rings. The Morgan fingerprint density at radius 2 is 1.70 bits per heavy atom. The number of amides is 1. The number of aromatic hydroxyl groups is 1. The molecule has 0 aliphatic heterocycles. The second-order valence-corrected chi connectivity index (χ2v) is 5.37. The van der Waals surface area contributed by atoms with Gasteiger partial charge in [0.2, 0.25) is 5.91 Å². The molecule has 0 aromatic heterocycles. The Hall–Kier alpha value is -1.55. The van der Waals surface area contributed by atoms with Crippen LogP contribution in [0.1, 0.15) is 39.5 Å². The molecule has 20 heavy (non-hydrogen) atoms. The molecule has 4 nitrogen and oxygen atoms in total. The van der Waals surface area contributed by atoms with Gasteiger partial charge in [-0.1, -0.05) is 26.7 Å². The van der Waals surface area contributed by atoms with Gasteiger partial charge in [0, 0.05) is 19.3 Å². The van der Waals surface area contributed by atoms with Crippen molar-refractivity contribution in [2.75, 3.05) is 18.5 Å². The van der Waals surface area contributed by atoms with Crippen molar-refractivity contribution in [3.63, 3.8) is 0 Å². The number of benzene rings is 1. The molecule has 112 valence electrons. The number of phenols is 1. The fourth-order valence-corrected chi connectivity index (χ4v) is 2.74. The predicted molar refractivity (Wildman–Crippen MR) is 82.8 cm³/mol. The van der Waals surface area contributed by atoms with E-state index in [1.54, 1.807) is 36.2 Å². The van der Waals surface area contributed by atoms with Gasteiger partial charge in [0.05, 0.1) is 5.41 Å². The maximum atomic E-state index is 12.8. The molecule has 0 atom stereocenters. The molecule has 0 radical (unpaired) electrons. The summed E-state index contributed by atoms with van der Waals surface area (Å²) in [7, 11) is 1.77. The monoisotopic (exact) mass is 278 g/mol. The summed E-state index contributed by atoms with van der Waals surface area (Å²) in [6.07, 6.45) is 3.48.